The van der Waals surface area contributed by atoms with Gasteiger partial charge in [-0.3, -0.25) is 9.69 Å². The quantitative estimate of drug-likeness (QED) is 0.788. The molecule has 0 bridgehead atoms. The zero-order valence-electron chi connectivity index (χ0n) is 15.9. The van der Waals surface area contributed by atoms with Gasteiger partial charge in [0.2, 0.25) is 5.91 Å². The Morgan fingerprint density at radius 2 is 1.70 bits per heavy atom. The molecule has 1 atom stereocenters. The minimum absolute atomic E-state index is 0.0621. The molecule has 0 radical (unpaired) electrons. The van der Waals surface area contributed by atoms with Gasteiger partial charge < -0.3 is 10.2 Å². The Labute approximate surface area is 167 Å². The number of hydrogen-bond donors (Lipinski definition) is 1. The number of piperazine rings is 1. The Morgan fingerprint density at radius 1 is 1.04 bits per heavy atom. The number of amides is 1. The fourth-order valence-corrected chi connectivity index (χ4v) is 3.73. The number of rotatable bonds is 7. The van der Waals surface area contributed by atoms with Crippen molar-refractivity contribution in [3.63, 3.8) is 0 Å². The van der Waals surface area contributed by atoms with Crippen LogP contribution >= 0.6 is 11.6 Å². The summed E-state index contributed by atoms with van der Waals surface area (Å²) < 4.78 is 0. The first kappa shape index (κ1) is 19.7. The van der Waals surface area contributed by atoms with Crippen molar-refractivity contribution in [2.75, 3.05) is 44.2 Å². The van der Waals surface area contributed by atoms with E-state index in [0.29, 0.717) is 6.54 Å². The van der Waals surface area contributed by atoms with Crippen LogP contribution in [0.5, 0.6) is 0 Å². The summed E-state index contributed by atoms with van der Waals surface area (Å²) in [6.07, 6.45) is 0.815. The third kappa shape index (κ3) is 5.47. The summed E-state index contributed by atoms with van der Waals surface area (Å²) in [6, 6.07) is 18.1. The highest BCUT2D eigenvalue weighted by atomic mass is 35.5. The average molecular weight is 386 g/mol. The van der Waals surface area contributed by atoms with E-state index in [4.69, 9.17) is 11.6 Å². The maximum Gasteiger partial charge on any atom is 0.227 e. The normalized spacial score (nSPS) is 16.1. The van der Waals surface area contributed by atoms with Gasteiger partial charge in [0.1, 0.15) is 0 Å². The van der Waals surface area contributed by atoms with Gasteiger partial charge in [-0.15, -0.1) is 0 Å². The molecule has 144 valence electrons. The van der Waals surface area contributed by atoms with Gasteiger partial charge in [-0.1, -0.05) is 48.9 Å². The molecule has 1 N–H and O–H groups in total. The van der Waals surface area contributed by atoms with E-state index in [1.54, 1.807) is 0 Å². The van der Waals surface area contributed by atoms with Crippen LogP contribution in [0.2, 0.25) is 5.02 Å². The Bertz CT molecular complexity index is 712. The van der Waals surface area contributed by atoms with Crippen LogP contribution in [0.1, 0.15) is 24.8 Å². The van der Waals surface area contributed by atoms with Crippen molar-refractivity contribution in [1.29, 1.82) is 0 Å². The van der Waals surface area contributed by atoms with Gasteiger partial charge in [0, 0.05) is 50.0 Å². The van der Waals surface area contributed by atoms with E-state index in [1.165, 1.54) is 5.69 Å². The highest BCUT2D eigenvalue weighted by Gasteiger charge is 2.20. The molecule has 0 spiro atoms. The zero-order valence-corrected chi connectivity index (χ0v) is 16.7. The second-order valence-corrected chi connectivity index (χ2v) is 7.40. The van der Waals surface area contributed by atoms with Crippen molar-refractivity contribution in [2.45, 2.75) is 19.3 Å². The van der Waals surface area contributed by atoms with Gasteiger partial charge in [-0.25, -0.2) is 0 Å². The number of halogens is 1. The standard InChI is InChI=1S/C22H28ClN3O/c1-2-21(18-6-4-3-5-7-18)22(27)24-12-13-25-14-16-26(17-15-25)20-10-8-19(23)9-11-20/h3-11,21H,2,12-17H2,1H3,(H,24,27). The van der Waals surface area contributed by atoms with E-state index in [1.807, 2.05) is 42.5 Å². The molecule has 0 aromatic heterocycles. The molecule has 4 nitrogen and oxygen atoms in total. The summed E-state index contributed by atoms with van der Waals surface area (Å²) in [5.74, 6) is 0.0662. The van der Waals surface area contributed by atoms with E-state index in [-0.39, 0.29) is 11.8 Å². The molecule has 1 heterocycles. The zero-order chi connectivity index (χ0) is 19.1. The van der Waals surface area contributed by atoms with Gasteiger partial charge in [0.25, 0.3) is 0 Å². The highest BCUT2D eigenvalue weighted by molar-refractivity contribution is 6.30. The smallest absolute Gasteiger partial charge is 0.227 e. The maximum atomic E-state index is 12.5. The first-order valence-electron chi connectivity index (χ1n) is 9.73. The fourth-order valence-electron chi connectivity index (χ4n) is 3.60. The van der Waals surface area contributed by atoms with Crippen LogP contribution in [0.3, 0.4) is 0 Å². The summed E-state index contributed by atoms with van der Waals surface area (Å²) >= 11 is 5.97. The number of anilines is 1. The SMILES string of the molecule is CCC(C(=O)NCCN1CCN(c2ccc(Cl)cc2)CC1)c1ccccc1. The van der Waals surface area contributed by atoms with Gasteiger partial charge in [0.15, 0.2) is 0 Å². The van der Waals surface area contributed by atoms with E-state index < -0.39 is 0 Å². The van der Waals surface area contributed by atoms with Crippen molar-refractivity contribution in [3.05, 3.63) is 65.2 Å². The minimum Gasteiger partial charge on any atom is -0.369 e. The van der Waals surface area contributed by atoms with Crippen LogP contribution in [0.15, 0.2) is 54.6 Å². The fraction of sp³-hybridized carbons (Fsp3) is 0.409. The number of benzene rings is 2. The average Bonchev–Trinajstić information content (AvgIpc) is 2.71. The van der Waals surface area contributed by atoms with Crippen molar-refractivity contribution >= 4 is 23.2 Å². The van der Waals surface area contributed by atoms with E-state index in [9.17, 15) is 4.79 Å². The number of carbonyl (C=O) groups excluding carboxylic acids is 1. The molecule has 5 heteroatoms. The second-order valence-electron chi connectivity index (χ2n) is 6.97. The molecule has 0 saturated carbocycles. The van der Waals surface area contributed by atoms with Crippen molar-refractivity contribution < 1.29 is 4.79 Å². The Kier molecular flexibility index (Phi) is 7.13. The molecule has 3 rings (SSSR count). The Morgan fingerprint density at radius 3 is 2.33 bits per heavy atom. The molecule has 27 heavy (non-hydrogen) atoms. The van der Waals surface area contributed by atoms with Crippen LogP contribution in [0.4, 0.5) is 5.69 Å². The van der Waals surface area contributed by atoms with Crippen LogP contribution in [0, 0.1) is 0 Å². The molecule has 2 aromatic rings. The van der Waals surface area contributed by atoms with Gasteiger partial charge in [-0.05, 0) is 36.2 Å². The van der Waals surface area contributed by atoms with Crippen molar-refractivity contribution in [2.24, 2.45) is 0 Å². The van der Waals surface area contributed by atoms with E-state index in [0.717, 1.165) is 49.7 Å². The monoisotopic (exact) mass is 385 g/mol. The van der Waals surface area contributed by atoms with Crippen molar-refractivity contribution in [3.8, 4) is 0 Å². The predicted octanol–water partition coefficient (Wildman–Crippen LogP) is 3.77. The van der Waals surface area contributed by atoms with Gasteiger partial charge >= 0.3 is 0 Å². The first-order valence-corrected chi connectivity index (χ1v) is 10.1. The second kappa shape index (κ2) is 9.77. The van der Waals surface area contributed by atoms with Crippen LogP contribution in [0.25, 0.3) is 0 Å². The summed E-state index contributed by atoms with van der Waals surface area (Å²) in [7, 11) is 0. The van der Waals surface area contributed by atoms with Crippen LogP contribution in [-0.2, 0) is 4.79 Å². The number of nitrogens with one attached hydrogen (secondary N) is 1. The molecular formula is C22H28ClN3O. The Balaban J connectivity index is 1.41. The van der Waals surface area contributed by atoms with Gasteiger partial charge in [-0.2, -0.15) is 0 Å². The minimum atomic E-state index is -0.0621. The van der Waals surface area contributed by atoms with Crippen LogP contribution < -0.4 is 10.2 Å². The summed E-state index contributed by atoms with van der Waals surface area (Å²) in [5.41, 5.74) is 2.31. The number of carbonyl (C=O) groups is 1. The number of hydrogen-bond acceptors (Lipinski definition) is 3. The highest BCUT2D eigenvalue weighted by Crippen LogP contribution is 2.20. The molecule has 1 aliphatic rings. The largest absolute Gasteiger partial charge is 0.369 e. The molecule has 1 aliphatic heterocycles. The van der Waals surface area contributed by atoms with Gasteiger partial charge in [0.05, 0.1) is 5.92 Å². The maximum absolute atomic E-state index is 12.5. The topological polar surface area (TPSA) is 35.6 Å². The predicted molar refractivity (Wildman–Crippen MR) is 113 cm³/mol. The van der Waals surface area contributed by atoms with E-state index in [2.05, 4.69) is 34.2 Å². The molecule has 1 unspecified atom stereocenters. The molecule has 1 saturated heterocycles. The lowest BCUT2D eigenvalue weighted by Crippen LogP contribution is -2.48. The number of nitrogens with zero attached hydrogens (tertiary/aromatic N) is 2. The molecule has 2 aromatic carbocycles. The molecule has 0 aliphatic carbocycles. The lowest BCUT2D eigenvalue weighted by atomic mass is 9.96. The third-order valence-electron chi connectivity index (χ3n) is 5.22. The van der Waals surface area contributed by atoms with Crippen LogP contribution in [-0.4, -0.2) is 50.1 Å². The molecule has 1 fully saturated rings. The first-order chi connectivity index (χ1) is 13.2. The van der Waals surface area contributed by atoms with E-state index >= 15 is 0 Å². The molecule has 1 amide bonds. The lowest BCUT2D eigenvalue weighted by Gasteiger charge is -2.36. The Hall–Kier alpha value is -2.04. The van der Waals surface area contributed by atoms with Crippen molar-refractivity contribution in [1.82, 2.24) is 10.2 Å². The summed E-state index contributed by atoms with van der Waals surface area (Å²) in [5, 5.41) is 3.89. The third-order valence-corrected chi connectivity index (χ3v) is 5.47. The lowest BCUT2D eigenvalue weighted by molar-refractivity contribution is -0.122. The molecular weight excluding hydrogens is 358 g/mol. The summed E-state index contributed by atoms with van der Waals surface area (Å²) in [4.78, 5) is 17.3. The summed E-state index contributed by atoms with van der Waals surface area (Å²) in [6.45, 7) is 7.67.